The van der Waals surface area contributed by atoms with E-state index in [0.717, 1.165) is 17.1 Å². The van der Waals surface area contributed by atoms with Crippen LogP contribution < -0.4 is 16.0 Å². The number of ether oxygens (including phenoxy) is 1. The van der Waals surface area contributed by atoms with Crippen LogP contribution in [0.3, 0.4) is 0 Å². The fraction of sp³-hybridized carbons (Fsp3) is 0.222. The van der Waals surface area contributed by atoms with Gasteiger partial charge in [0.1, 0.15) is 18.2 Å². The van der Waals surface area contributed by atoms with Crippen LogP contribution in [0.4, 0.5) is 5.69 Å². The van der Waals surface area contributed by atoms with E-state index in [1.165, 1.54) is 0 Å². The number of nitrogens with two attached hydrogens (primary N) is 1. The van der Waals surface area contributed by atoms with Crippen LogP contribution in [0.1, 0.15) is 12.7 Å². The Bertz CT molecular complexity index is 870. The number of para-hydroxylation sites is 1. The van der Waals surface area contributed by atoms with Crippen molar-refractivity contribution in [2.75, 3.05) is 12.3 Å². The number of hydrogen-bond acceptors (Lipinski definition) is 4. The van der Waals surface area contributed by atoms with E-state index in [0.29, 0.717) is 30.6 Å². The summed E-state index contributed by atoms with van der Waals surface area (Å²) in [7, 11) is 0. The number of benzene rings is 2. The number of hydrogen-bond donors (Lipinski definition) is 1. The summed E-state index contributed by atoms with van der Waals surface area (Å²) in [6.07, 6.45) is 0.696. The molecule has 0 spiro atoms. The van der Waals surface area contributed by atoms with E-state index in [4.69, 9.17) is 10.5 Å². The second kappa shape index (κ2) is 6.52. The van der Waals surface area contributed by atoms with Crippen molar-refractivity contribution in [2.45, 2.75) is 19.9 Å². The molecule has 118 valence electrons. The number of nitrogens with zero attached hydrogens (tertiary/aromatic N) is 2. The third kappa shape index (κ3) is 3.18. The van der Waals surface area contributed by atoms with Crippen LogP contribution in [0.2, 0.25) is 0 Å². The van der Waals surface area contributed by atoms with Gasteiger partial charge in [0, 0.05) is 12.1 Å². The number of fused-ring (bicyclic) bond motifs is 1. The molecule has 0 saturated carbocycles. The van der Waals surface area contributed by atoms with Gasteiger partial charge in [-0.15, -0.1) is 0 Å². The highest BCUT2D eigenvalue weighted by atomic mass is 16.5. The first-order valence-corrected chi connectivity index (χ1v) is 7.66. The van der Waals surface area contributed by atoms with Crippen LogP contribution in [-0.2, 0) is 13.0 Å². The molecule has 2 aromatic carbocycles. The van der Waals surface area contributed by atoms with E-state index >= 15 is 0 Å². The summed E-state index contributed by atoms with van der Waals surface area (Å²) in [6, 6.07) is 14.6. The summed E-state index contributed by atoms with van der Waals surface area (Å²) in [4.78, 5) is 17.2. The molecule has 0 atom stereocenters. The number of rotatable bonds is 5. The van der Waals surface area contributed by atoms with Crippen molar-refractivity contribution in [2.24, 2.45) is 0 Å². The summed E-state index contributed by atoms with van der Waals surface area (Å²) >= 11 is 0. The molecule has 0 aliphatic rings. The average Bonchev–Trinajstić information content (AvgIpc) is 2.58. The van der Waals surface area contributed by atoms with Crippen molar-refractivity contribution in [3.05, 3.63) is 64.7 Å². The third-order valence-corrected chi connectivity index (χ3v) is 3.72. The second-order valence-electron chi connectivity index (χ2n) is 5.27. The first-order valence-electron chi connectivity index (χ1n) is 7.66. The summed E-state index contributed by atoms with van der Waals surface area (Å²) in [6.45, 7) is 2.86. The summed E-state index contributed by atoms with van der Waals surface area (Å²) < 4.78 is 7.38. The van der Waals surface area contributed by atoms with Gasteiger partial charge in [-0.25, -0.2) is 4.98 Å². The van der Waals surface area contributed by atoms with Crippen molar-refractivity contribution >= 4 is 16.6 Å². The Hall–Kier alpha value is -2.82. The number of anilines is 1. The van der Waals surface area contributed by atoms with Gasteiger partial charge < -0.3 is 10.5 Å². The lowest BCUT2D eigenvalue weighted by molar-refractivity contribution is 0.294. The number of nitrogen functional groups attached to an aromatic ring is 1. The van der Waals surface area contributed by atoms with Gasteiger partial charge in [0.05, 0.1) is 17.4 Å². The Morgan fingerprint density at radius 3 is 2.61 bits per heavy atom. The average molecular weight is 309 g/mol. The molecule has 3 rings (SSSR count). The molecule has 2 N–H and O–H groups in total. The van der Waals surface area contributed by atoms with Gasteiger partial charge in [-0.3, -0.25) is 9.36 Å². The molecule has 0 saturated heterocycles. The molecule has 0 aliphatic carbocycles. The molecule has 1 aromatic heterocycles. The zero-order valence-corrected chi connectivity index (χ0v) is 13.0. The van der Waals surface area contributed by atoms with Crippen molar-refractivity contribution in [3.8, 4) is 5.75 Å². The van der Waals surface area contributed by atoms with Crippen LogP contribution in [0.15, 0.2) is 53.3 Å². The standard InChI is InChI=1S/C18H19N3O2/c1-2-17-20-16-6-4-3-5-15(16)18(22)21(17)11-12-23-14-9-7-13(19)8-10-14/h3-10H,2,11-12,19H2,1H3. The minimum Gasteiger partial charge on any atom is -0.492 e. The first-order chi connectivity index (χ1) is 11.2. The molecular weight excluding hydrogens is 290 g/mol. The quantitative estimate of drug-likeness (QED) is 0.736. The van der Waals surface area contributed by atoms with E-state index in [9.17, 15) is 4.79 Å². The molecule has 0 fully saturated rings. The highest BCUT2D eigenvalue weighted by Gasteiger charge is 2.09. The maximum atomic E-state index is 12.6. The summed E-state index contributed by atoms with van der Waals surface area (Å²) in [5.74, 6) is 1.51. The highest BCUT2D eigenvalue weighted by Crippen LogP contribution is 2.13. The first kappa shape index (κ1) is 15.1. The van der Waals surface area contributed by atoms with E-state index in [1.807, 2.05) is 37.3 Å². The van der Waals surface area contributed by atoms with Gasteiger partial charge in [-0.2, -0.15) is 0 Å². The van der Waals surface area contributed by atoms with Gasteiger partial charge in [-0.1, -0.05) is 19.1 Å². The molecule has 5 heteroatoms. The van der Waals surface area contributed by atoms with E-state index in [-0.39, 0.29) is 5.56 Å². The molecule has 0 amide bonds. The molecular formula is C18H19N3O2. The van der Waals surface area contributed by atoms with Crippen LogP contribution in [-0.4, -0.2) is 16.2 Å². The summed E-state index contributed by atoms with van der Waals surface area (Å²) in [5.41, 5.74) is 7.06. The third-order valence-electron chi connectivity index (χ3n) is 3.72. The molecule has 0 radical (unpaired) electrons. The fourth-order valence-electron chi connectivity index (χ4n) is 2.53. The molecule has 23 heavy (non-hydrogen) atoms. The van der Waals surface area contributed by atoms with E-state index < -0.39 is 0 Å². The minimum absolute atomic E-state index is 0.0200. The molecule has 0 unspecified atom stereocenters. The minimum atomic E-state index is -0.0200. The monoisotopic (exact) mass is 309 g/mol. The van der Waals surface area contributed by atoms with Crippen LogP contribution in [0.5, 0.6) is 5.75 Å². The molecule has 0 aliphatic heterocycles. The van der Waals surface area contributed by atoms with Crippen LogP contribution in [0, 0.1) is 0 Å². The van der Waals surface area contributed by atoms with E-state index in [1.54, 1.807) is 22.8 Å². The lowest BCUT2D eigenvalue weighted by atomic mass is 10.2. The Morgan fingerprint density at radius 1 is 1.13 bits per heavy atom. The highest BCUT2D eigenvalue weighted by molar-refractivity contribution is 5.77. The molecule has 3 aromatic rings. The van der Waals surface area contributed by atoms with Crippen molar-refractivity contribution in [3.63, 3.8) is 0 Å². The van der Waals surface area contributed by atoms with Gasteiger partial charge in [0.15, 0.2) is 0 Å². The van der Waals surface area contributed by atoms with Crippen molar-refractivity contribution < 1.29 is 4.74 Å². The van der Waals surface area contributed by atoms with Crippen molar-refractivity contribution in [1.82, 2.24) is 9.55 Å². The zero-order valence-electron chi connectivity index (χ0n) is 13.0. The molecule has 5 nitrogen and oxygen atoms in total. The lowest BCUT2D eigenvalue weighted by Gasteiger charge is -2.13. The Kier molecular flexibility index (Phi) is 4.28. The van der Waals surface area contributed by atoms with Crippen molar-refractivity contribution in [1.29, 1.82) is 0 Å². The normalized spacial score (nSPS) is 10.8. The van der Waals surface area contributed by atoms with Gasteiger partial charge in [0.25, 0.3) is 5.56 Å². The maximum Gasteiger partial charge on any atom is 0.261 e. The second-order valence-corrected chi connectivity index (χ2v) is 5.27. The maximum absolute atomic E-state index is 12.6. The molecule has 0 bridgehead atoms. The Morgan fingerprint density at radius 2 is 1.87 bits per heavy atom. The lowest BCUT2D eigenvalue weighted by Crippen LogP contribution is -2.27. The Balaban J connectivity index is 1.83. The SMILES string of the molecule is CCc1nc2ccccc2c(=O)n1CCOc1ccc(N)cc1. The molecule has 1 heterocycles. The smallest absolute Gasteiger partial charge is 0.261 e. The van der Waals surface area contributed by atoms with Gasteiger partial charge in [-0.05, 0) is 36.4 Å². The predicted octanol–water partition coefficient (Wildman–Crippen LogP) is 2.62. The topological polar surface area (TPSA) is 70.1 Å². The Labute approximate surface area is 134 Å². The zero-order chi connectivity index (χ0) is 16.2. The van der Waals surface area contributed by atoms with Gasteiger partial charge >= 0.3 is 0 Å². The predicted molar refractivity (Wildman–Crippen MR) is 91.7 cm³/mol. The fourth-order valence-corrected chi connectivity index (χ4v) is 2.53. The van der Waals surface area contributed by atoms with E-state index in [2.05, 4.69) is 4.98 Å². The number of aryl methyl sites for hydroxylation is 1. The van der Waals surface area contributed by atoms with Crippen LogP contribution >= 0.6 is 0 Å². The van der Waals surface area contributed by atoms with Gasteiger partial charge in [0.2, 0.25) is 0 Å². The largest absolute Gasteiger partial charge is 0.492 e. The number of aromatic nitrogens is 2. The summed E-state index contributed by atoms with van der Waals surface area (Å²) in [5, 5.41) is 0.636. The van der Waals surface area contributed by atoms with Crippen LogP contribution in [0.25, 0.3) is 10.9 Å².